The zero-order chi connectivity index (χ0) is 14.4. The second-order valence-corrected chi connectivity index (χ2v) is 6.83. The number of carbonyl (C=O) groups is 1. The lowest BCUT2D eigenvalue weighted by Crippen LogP contribution is -2.55. The number of carboxylic acids is 1. The monoisotopic (exact) mass is 338 g/mol. The number of nitrogens with zero attached hydrogens (tertiary/aromatic N) is 2. The van der Waals surface area contributed by atoms with Crippen LogP contribution in [0.3, 0.4) is 0 Å². The van der Waals surface area contributed by atoms with Crippen LogP contribution in [0.5, 0.6) is 0 Å². The number of anilines is 1. The molecule has 0 amide bonds. The highest BCUT2D eigenvalue weighted by atomic mass is 79.9. The molecule has 0 spiro atoms. The Morgan fingerprint density at radius 3 is 2.85 bits per heavy atom. The number of halogens is 1. The Hall–Kier alpha value is -1.07. The van der Waals surface area contributed by atoms with E-state index in [1.165, 1.54) is 0 Å². The molecule has 0 aromatic heterocycles. The molecule has 3 rings (SSSR count). The molecule has 2 heterocycles. The summed E-state index contributed by atoms with van der Waals surface area (Å²) in [6.07, 6.45) is 1.02. The number of benzene rings is 1. The molecule has 0 bridgehead atoms. The lowest BCUT2D eigenvalue weighted by Gasteiger charge is -2.49. The van der Waals surface area contributed by atoms with Crippen molar-refractivity contribution in [3.05, 3.63) is 28.2 Å². The first kappa shape index (κ1) is 13.9. The Labute approximate surface area is 127 Å². The van der Waals surface area contributed by atoms with Crippen molar-refractivity contribution in [1.82, 2.24) is 4.90 Å². The molecule has 3 unspecified atom stereocenters. The Balaban J connectivity index is 2.12. The van der Waals surface area contributed by atoms with E-state index in [-0.39, 0.29) is 5.92 Å². The van der Waals surface area contributed by atoms with Gasteiger partial charge in [0.05, 0.1) is 5.92 Å². The van der Waals surface area contributed by atoms with Crippen molar-refractivity contribution in [2.45, 2.75) is 18.4 Å². The average Bonchev–Trinajstić information content (AvgIpc) is 2.37. The number of piperidine rings is 1. The minimum Gasteiger partial charge on any atom is -0.481 e. The van der Waals surface area contributed by atoms with Crippen LogP contribution in [0.2, 0.25) is 0 Å². The van der Waals surface area contributed by atoms with Crippen molar-refractivity contribution in [2.24, 2.45) is 5.92 Å². The molecule has 5 heteroatoms. The maximum atomic E-state index is 11.8. The molecule has 0 saturated carbocycles. The lowest BCUT2D eigenvalue weighted by molar-refractivity contribution is -0.141. The van der Waals surface area contributed by atoms with Crippen molar-refractivity contribution in [3.63, 3.8) is 0 Å². The van der Waals surface area contributed by atoms with Gasteiger partial charge in [0.15, 0.2) is 0 Å². The van der Waals surface area contributed by atoms with Gasteiger partial charge in [-0.1, -0.05) is 15.9 Å². The van der Waals surface area contributed by atoms with E-state index in [9.17, 15) is 9.90 Å². The maximum absolute atomic E-state index is 11.8. The topological polar surface area (TPSA) is 43.8 Å². The molecule has 108 valence electrons. The van der Waals surface area contributed by atoms with E-state index in [1.807, 2.05) is 18.2 Å². The summed E-state index contributed by atoms with van der Waals surface area (Å²) in [7, 11) is 4.17. The van der Waals surface area contributed by atoms with E-state index < -0.39 is 11.9 Å². The Bertz CT molecular complexity index is 549. The first-order chi connectivity index (χ1) is 9.49. The molecule has 0 radical (unpaired) electrons. The molecule has 1 fully saturated rings. The van der Waals surface area contributed by atoms with Crippen LogP contribution in [-0.4, -0.2) is 49.2 Å². The van der Waals surface area contributed by atoms with Crippen LogP contribution in [0.4, 0.5) is 5.69 Å². The number of hydrogen-bond acceptors (Lipinski definition) is 3. The summed E-state index contributed by atoms with van der Waals surface area (Å²) in [6, 6.07) is 6.31. The Kier molecular flexibility index (Phi) is 3.50. The number of aliphatic carboxylic acids is 1. The molecule has 0 aliphatic carbocycles. The van der Waals surface area contributed by atoms with E-state index in [1.54, 1.807) is 0 Å². The normalized spacial score (nSPS) is 29.8. The van der Waals surface area contributed by atoms with Crippen LogP contribution in [0.1, 0.15) is 17.9 Å². The van der Waals surface area contributed by atoms with Gasteiger partial charge in [-0.3, -0.25) is 4.79 Å². The molecule has 2 aliphatic rings. The van der Waals surface area contributed by atoms with E-state index in [2.05, 4.69) is 39.8 Å². The van der Waals surface area contributed by atoms with Crippen LogP contribution in [0, 0.1) is 5.92 Å². The third-order valence-corrected chi connectivity index (χ3v) is 5.21. The maximum Gasteiger partial charge on any atom is 0.311 e. The first-order valence-electron chi connectivity index (χ1n) is 6.92. The summed E-state index contributed by atoms with van der Waals surface area (Å²) in [6.45, 7) is 1.88. The SMILES string of the molecule is CN1CCC2C(C1)C(C(=O)O)c1cc(Br)ccc1N2C. The van der Waals surface area contributed by atoms with Gasteiger partial charge in [0.1, 0.15) is 0 Å². The second-order valence-electron chi connectivity index (χ2n) is 5.91. The number of fused-ring (bicyclic) bond motifs is 2. The van der Waals surface area contributed by atoms with Gasteiger partial charge in [-0.05, 0) is 43.8 Å². The predicted octanol–water partition coefficient (Wildman–Crippen LogP) is 2.39. The van der Waals surface area contributed by atoms with E-state index >= 15 is 0 Å². The minimum atomic E-state index is -0.706. The second kappa shape index (κ2) is 5.04. The van der Waals surface area contributed by atoms with Crippen LogP contribution in [-0.2, 0) is 4.79 Å². The fraction of sp³-hybridized carbons (Fsp3) is 0.533. The highest BCUT2D eigenvalue weighted by Gasteiger charge is 2.45. The zero-order valence-corrected chi connectivity index (χ0v) is 13.3. The van der Waals surface area contributed by atoms with Crippen molar-refractivity contribution in [1.29, 1.82) is 0 Å². The molecule has 20 heavy (non-hydrogen) atoms. The third kappa shape index (κ3) is 2.13. The van der Waals surface area contributed by atoms with Crippen molar-refractivity contribution in [3.8, 4) is 0 Å². The van der Waals surface area contributed by atoms with E-state index in [0.717, 1.165) is 35.2 Å². The summed E-state index contributed by atoms with van der Waals surface area (Å²) in [4.78, 5) is 16.4. The predicted molar refractivity (Wildman–Crippen MR) is 82.3 cm³/mol. The van der Waals surface area contributed by atoms with Gasteiger partial charge in [0.25, 0.3) is 0 Å². The van der Waals surface area contributed by atoms with Crippen molar-refractivity contribution >= 4 is 27.6 Å². The summed E-state index contributed by atoms with van der Waals surface area (Å²) < 4.78 is 0.943. The molecule has 2 aliphatic heterocycles. The molecule has 1 saturated heterocycles. The van der Waals surface area contributed by atoms with Crippen LogP contribution in [0.25, 0.3) is 0 Å². The standard InChI is InChI=1S/C15H19BrN2O2/c1-17-6-5-13-11(8-17)14(15(19)20)10-7-9(16)3-4-12(10)18(13)2/h3-4,7,11,13-14H,5-6,8H2,1-2H3,(H,19,20). The molecule has 1 aromatic carbocycles. The molecular formula is C15H19BrN2O2. The van der Waals surface area contributed by atoms with Crippen LogP contribution >= 0.6 is 15.9 Å². The highest BCUT2D eigenvalue weighted by Crippen LogP contribution is 2.45. The quantitative estimate of drug-likeness (QED) is 0.853. The van der Waals surface area contributed by atoms with E-state index in [0.29, 0.717) is 6.04 Å². The number of hydrogen-bond donors (Lipinski definition) is 1. The van der Waals surface area contributed by atoms with Crippen LogP contribution < -0.4 is 4.90 Å². The lowest BCUT2D eigenvalue weighted by atomic mass is 9.73. The largest absolute Gasteiger partial charge is 0.481 e. The molecule has 1 N–H and O–H groups in total. The average molecular weight is 339 g/mol. The smallest absolute Gasteiger partial charge is 0.311 e. The molecule has 1 aromatic rings. The summed E-state index contributed by atoms with van der Waals surface area (Å²) in [5.41, 5.74) is 2.00. The van der Waals surface area contributed by atoms with Gasteiger partial charge in [-0.2, -0.15) is 0 Å². The third-order valence-electron chi connectivity index (χ3n) is 4.72. The van der Waals surface area contributed by atoms with Gasteiger partial charge >= 0.3 is 5.97 Å². The number of likely N-dealkylation sites (tertiary alicyclic amines) is 1. The van der Waals surface area contributed by atoms with Gasteiger partial charge in [0.2, 0.25) is 0 Å². The number of rotatable bonds is 1. The molecule has 3 atom stereocenters. The van der Waals surface area contributed by atoms with Crippen molar-refractivity contribution in [2.75, 3.05) is 32.1 Å². The Morgan fingerprint density at radius 2 is 2.15 bits per heavy atom. The summed E-state index contributed by atoms with van der Waals surface area (Å²) >= 11 is 3.46. The minimum absolute atomic E-state index is 0.151. The van der Waals surface area contributed by atoms with Crippen molar-refractivity contribution < 1.29 is 9.90 Å². The summed E-state index contributed by atoms with van der Waals surface area (Å²) in [5, 5.41) is 9.74. The van der Waals surface area contributed by atoms with Crippen LogP contribution in [0.15, 0.2) is 22.7 Å². The van der Waals surface area contributed by atoms with Gasteiger partial charge < -0.3 is 14.9 Å². The Morgan fingerprint density at radius 1 is 1.40 bits per heavy atom. The fourth-order valence-corrected chi connectivity index (χ4v) is 4.15. The molecule has 4 nitrogen and oxygen atoms in total. The van der Waals surface area contributed by atoms with Gasteiger partial charge in [0, 0.05) is 35.7 Å². The van der Waals surface area contributed by atoms with Gasteiger partial charge in [-0.25, -0.2) is 0 Å². The zero-order valence-electron chi connectivity index (χ0n) is 11.7. The fourth-order valence-electron chi connectivity index (χ4n) is 3.77. The summed E-state index contributed by atoms with van der Waals surface area (Å²) in [5.74, 6) is -0.966. The van der Waals surface area contributed by atoms with E-state index in [4.69, 9.17) is 0 Å². The number of carboxylic acid groups (broad SMARTS) is 1. The van der Waals surface area contributed by atoms with Gasteiger partial charge in [-0.15, -0.1) is 0 Å². The molecular weight excluding hydrogens is 320 g/mol. The highest BCUT2D eigenvalue weighted by molar-refractivity contribution is 9.10. The first-order valence-corrected chi connectivity index (χ1v) is 7.72.